The third-order valence-electron chi connectivity index (χ3n) is 4.45. The summed E-state index contributed by atoms with van der Waals surface area (Å²) in [5, 5.41) is 14.3. The fraction of sp³-hybridized carbons (Fsp3) is 0.211. The molecule has 0 aliphatic rings. The quantitative estimate of drug-likeness (QED) is 0.408. The third-order valence-corrected chi connectivity index (χ3v) is 5.65. The smallest absolute Gasteiger partial charge is 0.406 e. The van der Waals surface area contributed by atoms with Crippen LogP contribution >= 0.6 is 22.9 Å². The number of halogens is 4. The highest BCUT2D eigenvalue weighted by molar-refractivity contribution is 7.19. The van der Waals surface area contributed by atoms with Crippen molar-refractivity contribution >= 4 is 27.9 Å². The first kappa shape index (κ1) is 19.7. The minimum atomic E-state index is -4.72. The zero-order chi connectivity index (χ0) is 20.8. The van der Waals surface area contributed by atoms with E-state index in [-0.39, 0.29) is 5.75 Å². The van der Waals surface area contributed by atoms with Gasteiger partial charge in [-0.05, 0) is 55.8 Å². The summed E-state index contributed by atoms with van der Waals surface area (Å²) < 4.78 is 42.5. The molecule has 0 aliphatic carbocycles. The molecule has 0 bridgehead atoms. The normalized spacial score (nSPS) is 12.5. The third kappa shape index (κ3) is 3.92. The molecule has 2 aromatic carbocycles. The van der Waals surface area contributed by atoms with Gasteiger partial charge in [-0.3, -0.25) is 0 Å². The van der Waals surface area contributed by atoms with Crippen LogP contribution in [0.3, 0.4) is 0 Å². The first-order valence-electron chi connectivity index (χ1n) is 8.48. The number of ether oxygens (including phenoxy) is 1. The van der Waals surface area contributed by atoms with E-state index in [1.165, 1.54) is 35.6 Å². The van der Waals surface area contributed by atoms with E-state index in [9.17, 15) is 13.2 Å². The van der Waals surface area contributed by atoms with Gasteiger partial charge >= 0.3 is 6.36 Å². The fourth-order valence-electron chi connectivity index (χ4n) is 2.92. The highest BCUT2D eigenvalue weighted by Gasteiger charge is 2.32. The Morgan fingerprint density at radius 2 is 1.62 bits per heavy atom. The average Bonchev–Trinajstić information content (AvgIpc) is 3.22. The van der Waals surface area contributed by atoms with E-state index < -0.39 is 11.8 Å². The maximum Gasteiger partial charge on any atom is 0.573 e. The van der Waals surface area contributed by atoms with Gasteiger partial charge < -0.3 is 4.74 Å². The summed E-state index contributed by atoms with van der Waals surface area (Å²) in [4.78, 5) is 0.590. The van der Waals surface area contributed by atoms with Crippen LogP contribution in [0.15, 0.2) is 48.5 Å². The van der Waals surface area contributed by atoms with Crippen molar-refractivity contribution in [3.05, 3.63) is 64.9 Å². The molecule has 0 atom stereocenters. The Labute approximate surface area is 172 Å². The van der Waals surface area contributed by atoms with E-state index in [0.717, 1.165) is 5.56 Å². The van der Waals surface area contributed by atoms with Crippen molar-refractivity contribution in [2.24, 2.45) is 0 Å². The molecule has 0 aliphatic heterocycles. The van der Waals surface area contributed by atoms with Crippen LogP contribution < -0.4 is 4.74 Å². The molecule has 0 spiro atoms. The summed E-state index contributed by atoms with van der Waals surface area (Å²) in [6.45, 7) is 4.02. The monoisotopic (exact) mass is 438 g/mol. The molecule has 2 heterocycles. The van der Waals surface area contributed by atoms with Gasteiger partial charge in [-0.1, -0.05) is 35.1 Å². The lowest BCUT2D eigenvalue weighted by Crippen LogP contribution is -2.22. The van der Waals surface area contributed by atoms with Gasteiger partial charge in [0.2, 0.25) is 4.96 Å². The number of hydrogen-bond acceptors (Lipinski definition) is 5. The number of alkyl halides is 3. The van der Waals surface area contributed by atoms with E-state index in [1.807, 2.05) is 38.1 Å². The number of rotatable bonds is 4. The maximum absolute atomic E-state index is 12.3. The van der Waals surface area contributed by atoms with Gasteiger partial charge in [-0.2, -0.15) is 9.61 Å². The van der Waals surface area contributed by atoms with Crippen LogP contribution in [-0.4, -0.2) is 26.2 Å². The van der Waals surface area contributed by atoms with Crippen LogP contribution in [-0.2, 0) is 5.41 Å². The van der Waals surface area contributed by atoms with Gasteiger partial charge in [0, 0.05) is 10.6 Å². The molecule has 5 nitrogen and oxygen atoms in total. The van der Waals surface area contributed by atoms with Crippen LogP contribution in [0, 0.1) is 0 Å². The lowest BCUT2D eigenvalue weighted by molar-refractivity contribution is -0.274. The van der Waals surface area contributed by atoms with Crippen LogP contribution in [0.2, 0.25) is 5.02 Å². The standard InChI is InChI=1S/C19H14ClF3N4OS/c1-18(2,12-5-7-13(20)8-6-12)16-24-25-17-27(16)26-15(29-17)11-3-9-14(10-4-11)28-19(21,22)23/h3-10H,1-2H3. The molecule has 29 heavy (non-hydrogen) atoms. The Morgan fingerprint density at radius 3 is 2.24 bits per heavy atom. The fourth-order valence-corrected chi connectivity index (χ4v) is 3.89. The molecular weight excluding hydrogens is 425 g/mol. The molecule has 0 radical (unpaired) electrons. The average molecular weight is 439 g/mol. The second-order valence-corrected chi connectivity index (χ2v) is 8.22. The van der Waals surface area contributed by atoms with Gasteiger partial charge in [-0.25, -0.2) is 0 Å². The SMILES string of the molecule is CC(C)(c1ccc(Cl)cc1)c1nnc2sc(-c3ccc(OC(F)(F)F)cc3)nn12. The Hall–Kier alpha value is -2.65. The van der Waals surface area contributed by atoms with E-state index in [4.69, 9.17) is 11.6 Å². The van der Waals surface area contributed by atoms with Gasteiger partial charge in [0.15, 0.2) is 5.82 Å². The molecule has 0 N–H and O–H groups in total. The predicted octanol–water partition coefficient (Wildman–Crippen LogP) is 5.73. The number of nitrogens with zero attached hydrogens (tertiary/aromatic N) is 4. The van der Waals surface area contributed by atoms with E-state index >= 15 is 0 Å². The van der Waals surface area contributed by atoms with Crippen molar-refractivity contribution in [3.8, 4) is 16.3 Å². The molecule has 0 saturated heterocycles. The van der Waals surface area contributed by atoms with Crippen molar-refractivity contribution in [2.45, 2.75) is 25.6 Å². The zero-order valence-electron chi connectivity index (χ0n) is 15.2. The maximum atomic E-state index is 12.3. The predicted molar refractivity (Wildman–Crippen MR) is 104 cm³/mol. The molecule has 10 heteroatoms. The van der Waals surface area contributed by atoms with Crippen molar-refractivity contribution in [2.75, 3.05) is 0 Å². The lowest BCUT2D eigenvalue weighted by Gasteiger charge is -2.22. The van der Waals surface area contributed by atoms with Crippen LogP contribution in [0.25, 0.3) is 15.5 Å². The van der Waals surface area contributed by atoms with Gasteiger partial charge in [-0.15, -0.1) is 23.4 Å². The first-order valence-corrected chi connectivity index (χ1v) is 9.68. The number of hydrogen-bond donors (Lipinski definition) is 0. The van der Waals surface area contributed by atoms with Crippen LogP contribution in [0.1, 0.15) is 25.2 Å². The van der Waals surface area contributed by atoms with E-state index in [0.29, 0.717) is 26.4 Å². The molecule has 150 valence electrons. The van der Waals surface area contributed by atoms with E-state index in [1.54, 1.807) is 4.52 Å². The van der Waals surface area contributed by atoms with Crippen LogP contribution in [0.4, 0.5) is 13.2 Å². The Bertz CT molecular complexity index is 1150. The minimum absolute atomic E-state index is 0.284. The first-order chi connectivity index (χ1) is 13.6. The summed E-state index contributed by atoms with van der Waals surface area (Å²) in [6.07, 6.45) is -4.72. The molecule has 0 unspecified atom stereocenters. The van der Waals surface area contributed by atoms with Crippen molar-refractivity contribution < 1.29 is 17.9 Å². The summed E-state index contributed by atoms with van der Waals surface area (Å²) in [5.41, 5.74) is 1.17. The Morgan fingerprint density at radius 1 is 0.966 bits per heavy atom. The molecule has 0 saturated carbocycles. The van der Waals surface area contributed by atoms with Crippen molar-refractivity contribution in [1.29, 1.82) is 0 Å². The molecule has 4 rings (SSSR count). The van der Waals surface area contributed by atoms with Gasteiger partial charge in [0.25, 0.3) is 0 Å². The summed E-state index contributed by atoms with van der Waals surface area (Å²) in [7, 11) is 0. The second-order valence-electron chi connectivity index (χ2n) is 6.83. The summed E-state index contributed by atoms with van der Waals surface area (Å²) in [6, 6.07) is 13.0. The number of fused-ring (bicyclic) bond motifs is 1. The van der Waals surface area contributed by atoms with Crippen molar-refractivity contribution in [1.82, 2.24) is 19.8 Å². The zero-order valence-corrected chi connectivity index (χ0v) is 16.8. The largest absolute Gasteiger partial charge is 0.573 e. The summed E-state index contributed by atoms with van der Waals surface area (Å²) in [5.74, 6) is 0.364. The van der Waals surface area contributed by atoms with Crippen LogP contribution in [0.5, 0.6) is 5.75 Å². The van der Waals surface area contributed by atoms with Crippen molar-refractivity contribution in [3.63, 3.8) is 0 Å². The molecular formula is C19H14ClF3N4OS. The Balaban J connectivity index is 1.68. The number of aromatic nitrogens is 4. The van der Waals surface area contributed by atoms with Gasteiger partial charge in [0.05, 0.1) is 5.41 Å². The highest BCUT2D eigenvalue weighted by atomic mass is 35.5. The highest BCUT2D eigenvalue weighted by Crippen LogP contribution is 2.34. The molecule has 2 aromatic heterocycles. The minimum Gasteiger partial charge on any atom is -0.406 e. The Kier molecular flexibility index (Phi) is 4.74. The van der Waals surface area contributed by atoms with E-state index in [2.05, 4.69) is 20.0 Å². The lowest BCUT2D eigenvalue weighted by atomic mass is 9.84. The molecule has 0 fully saturated rings. The van der Waals surface area contributed by atoms with Gasteiger partial charge in [0.1, 0.15) is 10.8 Å². The molecule has 4 aromatic rings. The number of benzene rings is 2. The second kappa shape index (κ2) is 7.00. The summed E-state index contributed by atoms with van der Waals surface area (Å²) >= 11 is 7.28. The topological polar surface area (TPSA) is 52.3 Å². The molecule has 0 amide bonds.